The van der Waals surface area contributed by atoms with Gasteiger partial charge in [0.1, 0.15) is 6.07 Å². The molecule has 1 saturated heterocycles. The van der Waals surface area contributed by atoms with Gasteiger partial charge in [-0.25, -0.2) is 0 Å². The molecule has 1 fully saturated rings. The summed E-state index contributed by atoms with van der Waals surface area (Å²) in [6, 6.07) is 7.63. The van der Waals surface area contributed by atoms with Crippen molar-refractivity contribution in [3.63, 3.8) is 0 Å². The first kappa shape index (κ1) is 13.2. The average Bonchev–Trinajstić information content (AvgIpc) is 2.38. The molecule has 2 atom stereocenters. The van der Waals surface area contributed by atoms with Crippen LogP contribution in [0.5, 0.6) is 0 Å². The lowest BCUT2D eigenvalue weighted by molar-refractivity contribution is 0.0276. The lowest BCUT2D eigenvalue weighted by Gasteiger charge is -2.36. The van der Waals surface area contributed by atoms with Crippen LogP contribution in [0.3, 0.4) is 0 Å². The molecule has 0 radical (unpaired) electrons. The van der Waals surface area contributed by atoms with Crippen molar-refractivity contribution in [2.75, 3.05) is 24.6 Å². The number of ether oxygens (including phenoxy) is 1. The molecule has 0 aliphatic carbocycles. The summed E-state index contributed by atoms with van der Waals surface area (Å²) in [6.07, 6.45) is -0.00993. The first-order chi connectivity index (χ1) is 8.63. The molecule has 0 spiro atoms. The van der Waals surface area contributed by atoms with E-state index < -0.39 is 0 Å². The Labute approximate surface area is 112 Å². The van der Waals surface area contributed by atoms with Crippen LogP contribution in [0.2, 0.25) is 5.02 Å². The van der Waals surface area contributed by atoms with Gasteiger partial charge in [-0.3, -0.25) is 0 Å². The van der Waals surface area contributed by atoms with Crippen molar-refractivity contribution in [3.8, 4) is 6.07 Å². The zero-order valence-corrected chi connectivity index (χ0v) is 11.0. The maximum atomic E-state index is 9.19. The number of anilines is 1. The van der Waals surface area contributed by atoms with E-state index in [0.29, 0.717) is 23.7 Å². The Kier molecular flexibility index (Phi) is 4.07. The van der Waals surface area contributed by atoms with Crippen molar-refractivity contribution in [2.45, 2.75) is 19.1 Å². The zero-order valence-electron chi connectivity index (χ0n) is 10.3. The molecule has 0 saturated carbocycles. The van der Waals surface area contributed by atoms with Crippen molar-refractivity contribution in [1.29, 1.82) is 5.26 Å². The molecule has 96 valence electrons. The van der Waals surface area contributed by atoms with Crippen molar-refractivity contribution in [3.05, 3.63) is 28.8 Å². The standard InChI is InChI=1S/C13H16ClN3O/c1-9(16)13-8-17(5-6-18-13)12-4-2-3-11(14)10(12)7-15/h2-4,9,13H,5-6,8,16H2,1H3. The van der Waals surface area contributed by atoms with E-state index in [-0.39, 0.29) is 12.1 Å². The molecule has 2 rings (SSSR count). The molecule has 0 aromatic heterocycles. The summed E-state index contributed by atoms with van der Waals surface area (Å²) in [5, 5.41) is 9.67. The van der Waals surface area contributed by atoms with Crippen LogP contribution in [0.1, 0.15) is 12.5 Å². The average molecular weight is 266 g/mol. The molecule has 0 amide bonds. The van der Waals surface area contributed by atoms with Crippen LogP contribution in [-0.2, 0) is 4.74 Å². The SMILES string of the molecule is CC(N)C1CN(c2cccc(Cl)c2C#N)CCO1. The molecule has 5 heteroatoms. The summed E-state index contributed by atoms with van der Waals surface area (Å²) in [7, 11) is 0. The number of nitriles is 1. The fourth-order valence-electron chi connectivity index (χ4n) is 2.10. The fourth-order valence-corrected chi connectivity index (χ4v) is 2.31. The Morgan fingerprint density at radius 1 is 1.61 bits per heavy atom. The van der Waals surface area contributed by atoms with E-state index >= 15 is 0 Å². The molecule has 2 unspecified atom stereocenters. The molecule has 0 bridgehead atoms. The zero-order chi connectivity index (χ0) is 13.1. The van der Waals surface area contributed by atoms with Crippen LogP contribution in [-0.4, -0.2) is 31.8 Å². The largest absolute Gasteiger partial charge is 0.373 e. The van der Waals surface area contributed by atoms with Crippen LogP contribution < -0.4 is 10.6 Å². The number of benzene rings is 1. The van der Waals surface area contributed by atoms with Gasteiger partial charge >= 0.3 is 0 Å². The third-order valence-corrected chi connectivity index (χ3v) is 3.44. The molecule has 4 nitrogen and oxygen atoms in total. The van der Waals surface area contributed by atoms with Gasteiger partial charge in [-0.1, -0.05) is 17.7 Å². The van der Waals surface area contributed by atoms with Gasteiger partial charge in [0, 0.05) is 19.1 Å². The number of nitrogens with two attached hydrogens (primary N) is 1. The Morgan fingerprint density at radius 3 is 3.06 bits per heavy atom. The molecule has 18 heavy (non-hydrogen) atoms. The minimum absolute atomic E-state index is 0.00993. The highest BCUT2D eigenvalue weighted by atomic mass is 35.5. The third-order valence-electron chi connectivity index (χ3n) is 3.12. The molecule has 1 aliphatic heterocycles. The van der Waals surface area contributed by atoms with E-state index in [4.69, 9.17) is 22.1 Å². The highest BCUT2D eigenvalue weighted by molar-refractivity contribution is 6.32. The van der Waals surface area contributed by atoms with Crippen molar-refractivity contribution < 1.29 is 4.74 Å². The Balaban J connectivity index is 2.27. The molecule has 2 N–H and O–H groups in total. The van der Waals surface area contributed by atoms with Crippen LogP contribution in [0.25, 0.3) is 0 Å². The van der Waals surface area contributed by atoms with E-state index in [2.05, 4.69) is 11.0 Å². The number of hydrogen-bond donors (Lipinski definition) is 1. The smallest absolute Gasteiger partial charge is 0.103 e. The summed E-state index contributed by atoms with van der Waals surface area (Å²) < 4.78 is 5.61. The maximum absolute atomic E-state index is 9.19. The van der Waals surface area contributed by atoms with Gasteiger partial charge < -0.3 is 15.4 Å². The summed E-state index contributed by atoms with van der Waals surface area (Å²) in [5.41, 5.74) is 7.24. The predicted octanol–water partition coefficient (Wildman–Crippen LogP) is 1.76. The number of hydrogen-bond acceptors (Lipinski definition) is 4. The second-order valence-electron chi connectivity index (χ2n) is 4.46. The first-order valence-corrected chi connectivity index (χ1v) is 6.32. The molecule has 1 aromatic carbocycles. The predicted molar refractivity (Wildman–Crippen MR) is 71.8 cm³/mol. The first-order valence-electron chi connectivity index (χ1n) is 5.94. The topological polar surface area (TPSA) is 62.3 Å². The second kappa shape index (κ2) is 5.57. The minimum Gasteiger partial charge on any atom is -0.373 e. The van der Waals surface area contributed by atoms with Crippen LogP contribution in [0, 0.1) is 11.3 Å². The highest BCUT2D eigenvalue weighted by Gasteiger charge is 2.25. The van der Waals surface area contributed by atoms with Crippen molar-refractivity contribution >= 4 is 17.3 Å². The second-order valence-corrected chi connectivity index (χ2v) is 4.87. The number of rotatable bonds is 2. The minimum atomic E-state index is -0.0301. The van der Waals surface area contributed by atoms with Gasteiger partial charge in [0.2, 0.25) is 0 Å². The van der Waals surface area contributed by atoms with Gasteiger partial charge in [0.05, 0.1) is 29.0 Å². The summed E-state index contributed by atoms with van der Waals surface area (Å²) in [4.78, 5) is 2.11. The molecule has 1 aliphatic rings. The van der Waals surface area contributed by atoms with E-state index in [1.165, 1.54) is 0 Å². The molecular weight excluding hydrogens is 250 g/mol. The van der Waals surface area contributed by atoms with Crippen LogP contribution >= 0.6 is 11.6 Å². The van der Waals surface area contributed by atoms with Crippen LogP contribution in [0.4, 0.5) is 5.69 Å². The summed E-state index contributed by atoms with van der Waals surface area (Å²) in [5.74, 6) is 0. The van der Waals surface area contributed by atoms with Gasteiger partial charge in [-0.2, -0.15) is 5.26 Å². The van der Waals surface area contributed by atoms with E-state index in [9.17, 15) is 5.26 Å². The van der Waals surface area contributed by atoms with Gasteiger partial charge in [0.15, 0.2) is 0 Å². The lowest BCUT2D eigenvalue weighted by atomic mass is 10.1. The summed E-state index contributed by atoms with van der Waals surface area (Å²) in [6.45, 7) is 3.98. The Morgan fingerprint density at radius 2 is 2.39 bits per heavy atom. The molecular formula is C13H16ClN3O. The third kappa shape index (κ3) is 2.59. The van der Waals surface area contributed by atoms with E-state index in [1.807, 2.05) is 19.1 Å². The van der Waals surface area contributed by atoms with Crippen molar-refractivity contribution in [1.82, 2.24) is 0 Å². The number of morpholine rings is 1. The quantitative estimate of drug-likeness (QED) is 0.885. The lowest BCUT2D eigenvalue weighted by Crippen LogP contribution is -2.49. The monoisotopic (exact) mass is 265 g/mol. The Hall–Kier alpha value is -1.28. The van der Waals surface area contributed by atoms with Gasteiger partial charge in [-0.05, 0) is 19.1 Å². The maximum Gasteiger partial charge on any atom is 0.103 e. The number of halogens is 1. The highest BCUT2D eigenvalue weighted by Crippen LogP contribution is 2.28. The summed E-state index contributed by atoms with van der Waals surface area (Å²) >= 11 is 6.04. The fraction of sp³-hybridized carbons (Fsp3) is 0.462. The number of nitrogens with zero attached hydrogens (tertiary/aromatic N) is 2. The van der Waals surface area contributed by atoms with Crippen molar-refractivity contribution in [2.24, 2.45) is 5.73 Å². The normalized spacial score (nSPS) is 21.4. The molecule has 1 heterocycles. The molecule has 1 aromatic rings. The van der Waals surface area contributed by atoms with E-state index in [0.717, 1.165) is 12.2 Å². The van der Waals surface area contributed by atoms with Gasteiger partial charge in [-0.15, -0.1) is 0 Å². The van der Waals surface area contributed by atoms with Gasteiger partial charge in [0.25, 0.3) is 0 Å². The van der Waals surface area contributed by atoms with E-state index in [1.54, 1.807) is 6.07 Å². The van der Waals surface area contributed by atoms with Crippen LogP contribution in [0.15, 0.2) is 18.2 Å². The Bertz CT molecular complexity index is 470.